The second kappa shape index (κ2) is 7.94. The Morgan fingerprint density at radius 3 is 3.04 bits per heavy atom. The minimum absolute atomic E-state index is 0.00939. The van der Waals surface area contributed by atoms with Crippen molar-refractivity contribution in [3.05, 3.63) is 35.4 Å². The fraction of sp³-hybridized carbons (Fsp3) is 0.438. The van der Waals surface area contributed by atoms with Crippen LogP contribution in [0.4, 0.5) is 4.79 Å². The molecule has 1 atom stereocenters. The predicted molar refractivity (Wildman–Crippen MR) is 97.4 cm³/mol. The maximum Gasteiger partial charge on any atom is 0.363 e. The number of thiol groups is 1. The number of urea groups is 1. The standard InChI is InChI=1S/C16H19N3O3S2/c20-15(14-17-7-10-24-14)22-9-8-19(23)16(21)18-13-6-5-11-3-1-2-4-12(11)13/h1-4,13,23H,5-10H2,(H,18,21). The Labute approximate surface area is 150 Å². The van der Waals surface area contributed by atoms with E-state index in [2.05, 4.69) is 29.2 Å². The lowest BCUT2D eigenvalue weighted by molar-refractivity contribution is -0.135. The summed E-state index contributed by atoms with van der Waals surface area (Å²) in [6.45, 7) is 0.961. The van der Waals surface area contributed by atoms with Crippen LogP contribution in [0.25, 0.3) is 0 Å². The van der Waals surface area contributed by atoms with Crippen LogP contribution in [0.1, 0.15) is 23.6 Å². The Morgan fingerprint density at radius 1 is 1.42 bits per heavy atom. The summed E-state index contributed by atoms with van der Waals surface area (Å²) in [6, 6.07) is 7.83. The molecule has 0 fully saturated rings. The van der Waals surface area contributed by atoms with Gasteiger partial charge in [-0.1, -0.05) is 48.8 Å². The molecule has 2 amide bonds. The summed E-state index contributed by atoms with van der Waals surface area (Å²) < 4.78 is 6.35. The zero-order valence-corrected chi connectivity index (χ0v) is 14.8. The first kappa shape index (κ1) is 17.2. The zero-order valence-electron chi connectivity index (χ0n) is 13.1. The third kappa shape index (κ3) is 4.05. The Bertz CT molecular complexity index is 666. The van der Waals surface area contributed by atoms with E-state index < -0.39 is 5.97 Å². The van der Waals surface area contributed by atoms with Gasteiger partial charge in [0.2, 0.25) is 0 Å². The van der Waals surface area contributed by atoms with E-state index in [-0.39, 0.29) is 25.2 Å². The summed E-state index contributed by atoms with van der Waals surface area (Å²) in [5.41, 5.74) is 2.44. The van der Waals surface area contributed by atoms with Crippen LogP contribution in [0.3, 0.4) is 0 Å². The van der Waals surface area contributed by atoms with Crippen LogP contribution in [0, 0.1) is 0 Å². The van der Waals surface area contributed by atoms with Crippen molar-refractivity contribution in [2.75, 3.05) is 25.4 Å². The Hall–Kier alpha value is -1.67. The van der Waals surface area contributed by atoms with Crippen LogP contribution in [-0.4, -0.2) is 46.8 Å². The van der Waals surface area contributed by atoms with Crippen molar-refractivity contribution in [2.45, 2.75) is 18.9 Å². The molecule has 0 spiro atoms. The van der Waals surface area contributed by atoms with E-state index in [1.165, 1.54) is 21.6 Å². The molecule has 1 aliphatic carbocycles. The first-order chi connectivity index (χ1) is 11.6. The Balaban J connectivity index is 1.43. The first-order valence-corrected chi connectivity index (χ1v) is 9.23. The average Bonchev–Trinajstić information content (AvgIpc) is 3.25. The van der Waals surface area contributed by atoms with Gasteiger partial charge in [-0.25, -0.2) is 9.59 Å². The number of nitrogens with one attached hydrogen (secondary N) is 1. The number of rotatable bonds is 5. The van der Waals surface area contributed by atoms with Crippen molar-refractivity contribution in [1.82, 2.24) is 9.62 Å². The number of amides is 2. The van der Waals surface area contributed by atoms with Crippen molar-refractivity contribution in [1.29, 1.82) is 0 Å². The third-order valence-electron chi connectivity index (χ3n) is 3.96. The molecular weight excluding hydrogens is 346 g/mol. The molecule has 0 saturated heterocycles. The normalized spacial score (nSPS) is 18.7. The second-order valence-electron chi connectivity index (χ2n) is 5.53. The largest absolute Gasteiger partial charge is 0.459 e. The molecule has 1 aliphatic heterocycles. The number of carbonyl (C=O) groups is 2. The van der Waals surface area contributed by atoms with Crippen LogP contribution in [0.2, 0.25) is 0 Å². The van der Waals surface area contributed by atoms with Gasteiger partial charge < -0.3 is 10.1 Å². The summed E-state index contributed by atoms with van der Waals surface area (Å²) in [5.74, 6) is 0.387. The molecule has 24 heavy (non-hydrogen) atoms. The smallest absolute Gasteiger partial charge is 0.363 e. The van der Waals surface area contributed by atoms with Gasteiger partial charge in [-0.05, 0) is 24.0 Å². The maximum absolute atomic E-state index is 12.2. The highest BCUT2D eigenvalue weighted by atomic mass is 32.2. The lowest BCUT2D eigenvalue weighted by Gasteiger charge is -2.20. The monoisotopic (exact) mass is 365 g/mol. The van der Waals surface area contributed by atoms with Crippen LogP contribution in [0.15, 0.2) is 29.3 Å². The van der Waals surface area contributed by atoms with Gasteiger partial charge >= 0.3 is 12.0 Å². The Kier molecular flexibility index (Phi) is 5.68. The predicted octanol–water partition coefficient (Wildman–Crippen LogP) is 2.22. The molecule has 1 heterocycles. The molecule has 2 aliphatic rings. The minimum atomic E-state index is -0.427. The second-order valence-corrected chi connectivity index (χ2v) is 7.10. The number of aryl methyl sites for hydroxylation is 1. The molecule has 1 aromatic carbocycles. The lowest BCUT2D eigenvalue weighted by Crippen LogP contribution is -2.37. The molecule has 128 valence electrons. The summed E-state index contributed by atoms with van der Waals surface area (Å²) in [4.78, 5) is 28.0. The number of nitrogens with zero attached hydrogens (tertiary/aromatic N) is 2. The number of aliphatic imine (C=N–C) groups is 1. The highest BCUT2D eigenvalue weighted by Gasteiger charge is 2.25. The molecule has 0 aromatic heterocycles. The number of esters is 1. The summed E-state index contributed by atoms with van der Waals surface area (Å²) in [5, 5.41) is 3.38. The quantitative estimate of drug-likeness (QED) is 0.620. The van der Waals surface area contributed by atoms with Crippen molar-refractivity contribution < 1.29 is 14.3 Å². The van der Waals surface area contributed by atoms with Crippen LogP contribution in [-0.2, 0) is 16.0 Å². The highest BCUT2D eigenvalue weighted by Crippen LogP contribution is 2.30. The highest BCUT2D eigenvalue weighted by molar-refractivity contribution is 8.16. The number of ether oxygens (including phenoxy) is 1. The first-order valence-electron chi connectivity index (χ1n) is 7.84. The van der Waals surface area contributed by atoms with Crippen molar-refractivity contribution >= 4 is 41.6 Å². The number of thioether (sulfide) groups is 1. The van der Waals surface area contributed by atoms with Gasteiger partial charge in [0.25, 0.3) is 0 Å². The minimum Gasteiger partial charge on any atom is -0.459 e. The topological polar surface area (TPSA) is 71.0 Å². The third-order valence-corrected chi connectivity index (χ3v) is 5.30. The summed E-state index contributed by atoms with van der Waals surface area (Å²) >= 11 is 5.57. The molecule has 8 heteroatoms. The average molecular weight is 365 g/mol. The molecule has 0 saturated carbocycles. The van der Waals surface area contributed by atoms with Gasteiger partial charge in [0.15, 0.2) is 5.04 Å². The van der Waals surface area contributed by atoms with Crippen molar-refractivity contribution in [3.63, 3.8) is 0 Å². The van der Waals surface area contributed by atoms with E-state index in [4.69, 9.17) is 4.74 Å². The van der Waals surface area contributed by atoms with Crippen LogP contribution in [0.5, 0.6) is 0 Å². The van der Waals surface area contributed by atoms with Gasteiger partial charge in [0.1, 0.15) is 6.61 Å². The molecule has 6 nitrogen and oxygen atoms in total. The lowest BCUT2D eigenvalue weighted by atomic mass is 10.1. The molecule has 1 N–H and O–H groups in total. The fourth-order valence-corrected chi connectivity index (χ4v) is 3.65. The number of benzene rings is 1. The molecule has 1 aromatic rings. The SMILES string of the molecule is O=C(OCCN(S)C(=O)NC1CCc2ccccc21)C1=NCCS1. The van der Waals surface area contributed by atoms with Gasteiger partial charge in [-0.15, -0.1) is 0 Å². The van der Waals surface area contributed by atoms with Crippen LogP contribution >= 0.6 is 24.6 Å². The van der Waals surface area contributed by atoms with E-state index in [1.54, 1.807) is 0 Å². The molecule has 0 bridgehead atoms. The molecule has 0 radical (unpaired) electrons. The van der Waals surface area contributed by atoms with Crippen molar-refractivity contribution in [2.24, 2.45) is 4.99 Å². The molecule has 3 rings (SSSR count). The number of hydrogen-bond donors (Lipinski definition) is 2. The van der Waals surface area contributed by atoms with E-state index in [0.29, 0.717) is 11.6 Å². The Morgan fingerprint density at radius 2 is 2.25 bits per heavy atom. The van der Waals surface area contributed by atoms with Gasteiger partial charge in [-0.2, -0.15) is 0 Å². The van der Waals surface area contributed by atoms with E-state index in [9.17, 15) is 9.59 Å². The molecular formula is C16H19N3O3S2. The van der Waals surface area contributed by atoms with Crippen molar-refractivity contribution in [3.8, 4) is 0 Å². The number of hydrogen-bond acceptors (Lipinski definition) is 6. The summed E-state index contributed by atoms with van der Waals surface area (Å²) in [7, 11) is 0. The van der Waals surface area contributed by atoms with E-state index >= 15 is 0 Å². The zero-order chi connectivity index (χ0) is 16.9. The maximum atomic E-state index is 12.2. The van der Waals surface area contributed by atoms with E-state index in [0.717, 1.165) is 24.2 Å². The number of carbonyl (C=O) groups excluding carboxylic acids is 2. The van der Waals surface area contributed by atoms with Gasteiger partial charge in [0.05, 0.1) is 12.6 Å². The van der Waals surface area contributed by atoms with E-state index in [1.807, 2.05) is 18.2 Å². The summed E-state index contributed by atoms with van der Waals surface area (Å²) in [6.07, 6.45) is 1.85. The van der Waals surface area contributed by atoms with Gasteiger partial charge in [0, 0.05) is 12.3 Å². The molecule has 1 unspecified atom stereocenters. The van der Waals surface area contributed by atoms with Crippen LogP contribution < -0.4 is 5.32 Å². The number of fused-ring (bicyclic) bond motifs is 1. The van der Waals surface area contributed by atoms with Gasteiger partial charge in [-0.3, -0.25) is 9.30 Å². The fourth-order valence-electron chi connectivity index (χ4n) is 2.78.